The third-order valence-corrected chi connectivity index (χ3v) is 7.97. The number of nitrogens with zero attached hydrogens (tertiary/aromatic N) is 4. The number of carbonyl (C=O) groups is 1. The Bertz CT molecular complexity index is 1490. The molecule has 2 aliphatic carbocycles. The van der Waals surface area contributed by atoms with Crippen molar-refractivity contribution in [1.29, 1.82) is 0 Å². The predicted octanol–water partition coefficient (Wildman–Crippen LogP) is 1.10. The zero-order valence-corrected chi connectivity index (χ0v) is 24.4. The molecule has 3 unspecified atom stereocenters. The van der Waals surface area contributed by atoms with Gasteiger partial charge in [-0.3, -0.25) is 0 Å². The number of hydrogen-bond donors (Lipinski definition) is 0. The van der Waals surface area contributed by atoms with Crippen molar-refractivity contribution in [1.82, 2.24) is 19.4 Å². The molecular weight excluding hydrogens is 517 g/mol. The van der Waals surface area contributed by atoms with Crippen LogP contribution in [0.3, 0.4) is 0 Å². The average Bonchev–Trinajstić information content (AvgIpc) is 3.55. The van der Waals surface area contributed by atoms with Crippen molar-refractivity contribution >= 4 is 11.6 Å². The van der Waals surface area contributed by atoms with Crippen LogP contribution in [0.25, 0.3) is 16.8 Å². The Morgan fingerprint density at radius 3 is 2.66 bits per heavy atom. The molecule has 0 radical (unpaired) electrons. The Labute approximate surface area is 261 Å². The number of carboxylic acid groups (broad SMARTS) is 1. The molecule has 0 aliphatic heterocycles. The number of aryl methyl sites for hydroxylation is 1. The smallest absolute Gasteiger partial charge is 0.550 e. The van der Waals surface area contributed by atoms with Crippen molar-refractivity contribution in [2.75, 3.05) is 0 Å². The van der Waals surface area contributed by atoms with Crippen molar-refractivity contribution in [2.24, 2.45) is 11.8 Å². The number of alkyl halides is 2. The number of pyridine rings is 1. The van der Waals surface area contributed by atoms with Crippen LogP contribution in [-0.4, -0.2) is 31.9 Å². The molecule has 3 aromatic heterocycles. The van der Waals surface area contributed by atoms with Crippen LogP contribution in [0.1, 0.15) is 48.5 Å². The molecule has 3 heterocycles. The van der Waals surface area contributed by atoms with Gasteiger partial charge in [0.05, 0.1) is 5.69 Å². The summed E-state index contributed by atoms with van der Waals surface area (Å²) < 4.78 is 32.5. The largest absolute Gasteiger partial charge is 1.00 e. The molecule has 0 bridgehead atoms. The Morgan fingerprint density at radius 2 is 1.95 bits per heavy atom. The van der Waals surface area contributed by atoms with Gasteiger partial charge in [0, 0.05) is 58.8 Å². The molecular formula is C28H25F2KN4O3. The van der Waals surface area contributed by atoms with Crippen molar-refractivity contribution in [3.63, 3.8) is 0 Å². The molecule has 190 valence electrons. The van der Waals surface area contributed by atoms with Crippen LogP contribution in [0.2, 0.25) is 0 Å². The standard InChI is InChI=1S/C28H26F2N4O3.K/c1-16-22(11-17-4-2-3-5-23(17)37-27(29)30)34-15-19(6-7-24(34)33-16)20-13-31-26(32-14-20)28-9-8-18(25(35)36)10-21(28)12-28;/h2-7,13-15,18,21,27H,8-12H2,1H3,(H,35,36);/q;+1/p-1. The van der Waals surface area contributed by atoms with Gasteiger partial charge in [0.15, 0.2) is 0 Å². The van der Waals surface area contributed by atoms with E-state index in [2.05, 4.69) is 4.98 Å². The van der Waals surface area contributed by atoms with Gasteiger partial charge in [-0.2, -0.15) is 8.78 Å². The molecule has 0 N–H and O–H groups in total. The third-order valence-electron chi connectivity index (χ3n) is 7.97. The monoisotopic (exact) mass is 542 g/mol. The second-order valence-corrected chi connectivity index (χ2v) is 10.1. The maximum Gasteiger partial charge on any atom is 1.00 e. The first-order valence-electron chi connectivity index (χ1n) is 12.4. The van der Waals surface area contributed by atoms with Crippen LogP contribution in [0.4, 0.5) is 8.78 Å². The molecule has 38 heavy (non-hydrogen) atoms. The number of halogens is 2. The first-order chi connectivity index (χ1) is 17.8. The summed E-state index contributed by atoms with van der Waals surface area (Å²) in [5, 5.41) is 11.3. The first-order valence-corrected chi connectivity index (χ1v) is 12.4. The van der Waals surface area contributed by atoms with E-state index in [0.29, 0.717) is 30.7 Å². The molecule has 3 atom stereocenters. The van der Waals surface area contributed by atoms with Gasteiger partial charge < -0.3 is 19.0 Å². The van der Waals surface area contributed by atoms with E-state index in [-0.39, 0.29) is 68.5 Å². The molecule has 2 saturated carbocycles. The van der Waals surface area contributed by atoms with Gasteiger partial charge in [-0.25, -0.2) is 15.0 Å². The maximum absolute atomic E-state index is 12.9. The second-order valence-electron chi connectivity index (χ2n) is 10.1. The van der Waals surface area contributed by atoms with E-state index in [9.17, 15) is 18.7 Å². The average molecular weight is 543 g/mol. The van der Waals surface area contributed by atoms with Gasteiger partial charge in [-0.05, 0) is 62.6 Å². The molecule has 2 aliphatic rings. The Kier molecular flexibility index (Phi) is 7.72. The van der Waals surface area contributed by atoms with Crippen molar-refractivity contribution in [3.8, 4) is 16.9 Å². The van der Waals surface area contributed by atoms with E-state index in [0.717, 1.165) is 46.8 Å². The van der Waals surface area contributed by atoms with E-state index in [1.807, 2.05) is 42.0 Å². The van der Waals surface area contributed by atoms with E-state index < -0.39 is 12.6 Å². The van der Waals surface area contributed by atoms with Crippen LogP contribution >= 0.6 is 0 Å². The van der Waals surface area contributed by atoms with Crippen LogP contribution in [0.5, 0.6) is 5.75 Å². The van der Waals surface area contributed by atoms with Gasteiger partial charge in [-0.15, -0.1) is 0 Å². The summed E-state index contributed by atoms with van der Waals surface area (Å²) >= 11 is 0. The van der Waals surface area contributed by atoms with Crippen LogP contribution in [-0.2, 0) is 16.6 Å². The van der Waals surface area contributed by atoms with Gasteiger partial charge in [0.1, 0.15) is 17.2 Å². The molecule has 6 rings (SSSR count). The number of imidazole rings is 1. The van der Waals surface area contributed by atoms with Crippen molar-refractivity contribution in [3.05, 3.63) is 77.8 Å². The number of aliphatic carboxylic acids is 1. The van der Waals surface area contributed by atoms with E-state index >= 15 is 0 Å². The molecule has 0 amide bonds. The minimum Gasteiger partial charge on any atom is -0.550 e. The number of aromatic nitrogens is 4. The Hall–Kier alpha value is -2.24. The molecule has 0 saturated heterocycles. The molecule has 4 aromatic rings. The number of rotatable bonds is 7. The number of fused-ring (bicyclic) bond motifs is 2. The molecule has 0 spiro atoms. The summed E-state index contributed by atoms with van der Waals surface area (Å²) in [6, 6.07) is 10.7. The SMILES string of the molecule is Cc1nc2ccc(-c3cnc(C45CCC(C(=O)[O-])CC4C5)nc3)cn2c1Cc1ccccc1OC(F)F.[K+]. The summed E-state index contributed by atoms with van der Waals surface area (Å²) in [6.07, 6.45) is 8.91. The molecule has 10 heteroatoms. The summed E-state index contributed by atoms with van der Waals surface area (Å²) in [6.45, 7) is -0.995. The Morgan fingerprint density at radius 1 is 1.18 bits per heavy atom. The van der Waals surface area contributed by atoms with Gasteiger partial charge in [0.2, 0.25) is 0 Å². The molecule has 2 fully saturated rings. The number of carbonyl (C=O) groups excluding carboxylic acids is 1. The first kappa shape index (κ1) is 27.3. The van der Waals surface area contributed by atoms with E-state index in [1.165, 1.54) is 0 Å². The van der Waals surface area contributed by atoms with Gasteiger partial charge in [-0.1, -0.05) is 18.2 Å². The summed E-state index contributed by atoms with van der Waals surface area (Å²) in [5.41, 5.74) is 4.74. The molecule has 1 aromatic carbocycles. The Balaban J connectivity index is 0.00000294. The fourth-order valence-corrected chi connectivity index (χ4v) is 5.86. The molecule has 7 nitrogen and oxygen atoms in total. The second kappa shape index (κ2) is 10.7. The number of para-hydroxylation sites is 1. The maximum atomic E-state index is 12.9. The summed E-state index contributed by atoms with van der Waals surface area (Å²) in [5.74, 6) is -0.0771. The number of ether oxygens (including phenoxy) is 1. The zero-order chi connectivity index (χ0) is 25.7. The topological polar surface area (TPSA) is 92.4 Å². The summed E-state index contributed by atoms with van der Waals surface area (Å²) in [4.78, 5) is 25.3. The van der Waals surface area contributed by atoms with Crippen molar-refractivity contribution in [2.45, 2.75) is 51.1 Å². The fourth-order valence-electron chi connectivity index (χ4n) is 5.86. The predicted molar refractivity (Wildman–Crippen MR) is 129 cm³/mol. The number of carboxylic acids is 1. The quantitative estimate of drug-likeness (QED) is 0.325. The minimum absolute atomic E-state index is 0. The van der Waals surface area contributed by atoms with Gasteiger partial charge in [0.25, 0.3) is 0 Å². The fraction of sp³-hybridized carbons (Fsp3) is 0.357. The van der Waals surface area contributed by atoms with Crippen molar-refractivity contribution < 1.29 is 74.8 Å². The summed E-state index contributed by atoms with van der Waals surface area (Å²) in [7, 11) is 0. The van der Waals surface area contributed by atoms with Crippen LogP contribution in [0, 0.1) is 18.8 Å². The normalized spacial score (nSPS) is 22.1. The van der Waals surface area contributed by atoms with Crippen LogP contribution in [0.15, 0.2) is 55.0 Å². The third kappa shape index (κ3) is 5.04. The number of benzene rings is 1. The van der Waals surface area contributed by atoms with E-state index in [1.54, 1.807) is 24.3 Å². The van der Waals surface area contributed by atoms with Gasteiger partial charge >= 0.3 is 58.0 Å². The minimum atomic E-state index is -2.89. The van der Waals surface area contributed by atoms with E-state index in [4.69, 9.17) is 14.7 Å². The zero-order valence-electron chi connectivity index (χ0n) is 21.2. The number of hydrogen-bond acceptors (Lipinski definition) is 6. The van der Waals surface area contributed by atoms with Crippen LogP contribution < -0.4 is 61.2 Å².